The van der Waals surface area contributed by atoms with Crippen LogP contribution >= 0.6 is 0 Å². The van der Waals surface area contributed by atoms with Crippen molar-refractivity contribution in [1.82, 2.24) is 15.5 Å². The van der Waals surface area contributed by atoms with Gasteiger partial charge in [-0.2, -0.15) is 0 Å². The van der Waals surface area contributed by atoms with Gasteiger partial charge in [0.25, 0.3) is 0 Å². The number of hydrogen-bond donors (Lipinski definition) is 2. The maximum atomic E-state index is 14.4. The monoisotopic (exact) mass is 557 g/mol. The van der Waals surface area contributed by atoms with E-state index in [9.17, 15) is 14.4 Å². The first-order valence-corrected chi connectivity index (χ1v) is 15.5. The smallest absolute Gasteiger partial charge is 0.408 e. The summed E-state index contributed by atoms with van der Waals surface area (Å²) in [6.45, 7) is 15.8. The second kappa shape index (κ2) is 16.0. The number of aryl methyl sites for hydroxylation is 2. The molecule has 2 N–H and O–H groups in total. The van der Waals surface area contributed by atoms with E-state index in [2.05, 4.69) is 17.6 Å². The van der Waals surface area contributed by atoms with Gasteiger partial charge in [0, 0.05) is 12.6 Å². The summed E-state index contributed by atoms with van der Waals surface area (Å²) in [6.07, 6.45) is 9.84. The Hall–Kier alpha value is -2.57. The van der Waals surface area contributed by atoms with Gasteiger partial charge in [-0.15, -0.1) is 0 Å². The Morgan fingerprint density at radius 1 is 1.00 bits per heavy atom. The van der Waals surface area contributed by atoms with E-state index in [1.54, 1.807) is 25.7 Å². The average molecular weight is 558 g/mol. The lowest BCUT2D eigenvalue weighted by Gasteiger charge is -2.37. The van der Waals surface area contributed by atoms with Gasteiger partial charge in [0.1, 0.15) is 17.7 Å². The van der Waals surface area contributed by atoms with Crippen LogP contribution in [0.4, 0.5) is 4.79 Å². The van der Waals surface area contributed by atoms with Gasteiger partial charge in [-0.1, -0.05) is 89.5 Å². The van der Waals surface area contributed by atoms with Gasteiger partial charge in [-0.25, -0.2) is 4.79 Å². The van der Waals surface area contributed by atoms with E-state index < -0.39 is 23.8 Å². The Bertz CT molecular complexity index is 963. The Kier molecular flexibility index (Phi) is 13.5. The Morgan fingerprint density at radius 2 is 1.65 bits per heavy atom. The molecular weight excluding hydrogens is 502 g/mol. The lowest BCUT2D eigenvalue weighted by Crippen LogP contribution is -2.55. The highest BCUT2D eigenvalue weighted by molar-refractivity contribution is 5.92. The predicted molar refractivity (Wildman–Crippen MR) is 162 cm³/mol. The molecule has 0 aliphatic heterocycles. The van der Waals surface area contributed by atoms with Crippen LogP contribution in [0.1, 0.15) is 128 Å². The highest BCUT2D eigenvalue weighted by atomic mass is 16.6. The molecule has 2 rings (SSSR count). The molecule has 0 aromatic heterocycles. The third kappa shape index (κ3) is 10.8. The number of nitrogens with one attached hydrogen (secondary N) is 2. The molecule has 1 saturated carbocycles. The number of nitrogens with zero attached hydrogens (tertiary/aromatic N) is 1. The van der Waals surface area contributed by atoms with Crippen molar-refractivity contribution < 1.29 is 19.1 Å². The highest BCUT2D eigenvalue weighted by Crippen LogP contribution is 2.29. The van der Waals surface area contributed by atoms with Gasteiger partial charge in [0.05, 0.1) is 0 Å². The largest absolute Gasteiger partial charge is 0.444 e. The van der Waals surface area contributed by atoms with Crippen molar-refractivity contribution in [2.75, 3.05) is 6.54 Å². The number of amides is 3. The van der Waals surface area contributed by atoms with Crippen molar-refractivity contribution in [3.63, 3.8) is 0 Å². The SMILES string of the molecule is CCCCCCCN(C(=O)C(NC(=O)OC(C)(C)C)C(C)C)C(C(=O)NC1CCCCC1)c1cc(C)ccc1C. The summed E-state index contributed by atoms with van der Waals surface area (Å²) in [6, 6.07) is 4.61. The van der Waals surface area contributed by atoms with Crippen molar-refractivity contribution in [1.29, 1.82) is 0 Å². The number of benzene rings is 1. The molecule has 7 heteroatoms. The molecule has 0 saturated heterocycles. The molecule has 2 unspecified atom stereocenters. The molecule has 1 aliphatic carbocycles. The maximum absolute atomic E-state index is 14.4. The minimum Gasteiger partial charge on any atom is -0.444 e. The fourth-order valence-corrected chi connectivity index (χ4v) is 5.41. The van der Waals surface area contributed by atoms with Crippen molar-refractivity contribution in [2.45, 2.75) is 143 Å². The van der Waals surface area contributed by atoms with Crippen LogP contribution in [0.3, 0.4) is 0 Å². The topological polar surface area (TPSA) is 87.7 Å². The number of hydrogen-bond acceptors (Lipinski definition) is 4. The zero-order valence-electron chi connectivity index (χ0n) is 26.4. The first-order valence-electron chi connectivity index (χ1n) is 15.5. The minimum absolute atomic E-state index is 0.121. The number of rotatable bonds is 13. The predicted octanol–water partition coefficient (Wildman–Crippen LogP) is 7.14. The molecule has 2 atom stereocenters. The summed E-state index contributed by atoms with van der Waals surface area (Å²) < 4.78 is 5.50. The third-order valence-corrected chi connectivity index (χ3v) is 7.63. The number of unbranched alkanes of at least 4 members (excludes halogenated alkanes) is 4. The first-order chi connectivity index (χ1) is 18.8. The minimum atomic E-state index is -0.819. The van der Waals surface area contributed by atoms with Gasteiger partial charge < -0.3 is 20.3 Å². The zero-order chi connectivity index (χ0) is 29.9. The molecule has 0 radical (unpaired) electrons. The lowest BCUT2D eigenvalue weighted by molar-refractivity contribution is -0.143. The van der Waals surface area contributed by atoms with E-state index >= 15 is 0 Å². The van der Waals surface area contributed by atoms with Gasteiger partial charge in [0.2, 0.25) is 11.8 Å². The first kappa shape index (κ1) is 33.6. The molecule has 1 aromatic carbocycles. The van der Waals surface area contributed by atoms with E-state index in [0.717, 1.165) is 74.5 Å². The van der Waals surface area contributed by atoms with Gasteiger partial charge in [-0.3, -0.25) is 9.59 Å². The van der Waals surface area contributed by atoms with Crippen molar-refractivity contribution >= 4 is 17.9 Å². The second-order valence-corrected chi connectivity index (χ2v) is 12.9. The van der Waals surface area contributed by atoms with Crippen LogP contribution in [0, 0.1) is 19.8 Å². The van der Waals surface area contributed by atoms with E-state index in [1.165, 1.54) is 6.42 Å². The summed E-state index contributed by atoms with van der Waals surface area (Å²) in [5.41, 5.74) is 2.17. The zero-order valence-corrected chi connectivity index (χ0v) is 26.4. The van der Waals surface area contributed by atoms with Crippen LogP contribution in [-0.2, 0) is 14.3 Å². The molecule has 1 aromatic rings. The molecule has 0 bridgehead atoms. The number of carbonyl (C=O) groups is 3. The summed E-state index contributed by atoms with van der Waals surface area (Å²) in [4.78, 5) is 43.0. The maximum Gasteiger partial charge on any atom is 0.408 e. The quantitative estimate of drug-likeness (QED) is 0.252. The number of ether oxygens (including phenoxy) is 1. The van der Waals surface area contributed by atoms with Gasteiger partial charge >= 0.3 is 6.09 Å². The lowest BCUT2D eigenvalue weighted by atomic mass is 9.92. The normalized spacial score (nSPS) is 15.8. The van der Waals surface area contributed by atoms with Crippen LogP contribution in [0.25, 0.3) is 0 Å². The van der Waals surface area contributed by atoms with E-state index in [0.29, 0.717) is 6.54 Å². The second-order valence-electron chi connectivity index (χ2n) is 12.9. The molecule has 1 fully saturated rings. The van der Waals surface area contributed by atoms with E-state index in [-0.39, 0.29) is 23.8 Å². The van der Waals surface area contributed by atoms with E-state index in [1.807, 2.05) is 45.9 Å². The molecule has 40 heavy (non-hydrogen) atoms. The molecule has 7 nitrogen and oxygen atoms in total. The average Bonchev–Trinajstić information content (AvgIpc) is 2.87. The Balaban J connectivity index is 2.49. The molecule has 1 aliphatic rings. The molecule has 3 amide bonds. The van der Waals surface area contributed by atoms with Gasteiger partial charge in [0.15, 0.2) is 0 Å². The summed E-state index contributed by atoms with van der Waals surface area (Å²) in [5.74, 6) is -0.577. The van der Waals surface area contributed by atoms with Crippen molar-refractivity contribution in [2.24, 2.45) is 5.92 Å². The summed E-state index contributed by atoms with van der Waals surface area (Å²) in [7, 11) is 0. The van der Waals surface area contributed by atoms with Crippen molar-refractivity contribution in [3.05, 3.63) is 34.9 Å². The van der Waals surface area contributed by atoms with Crippen molar-refractivity contribution in [3.8, 4) is 0 Å². The van der Waals surface area contributed by atoms with E-state index in [4.69, 9.17) is 4.74 Å². The molecular formula is C33H55N3O4. The van der Waals surface area contributed by atoms with Crippen LogP contribution in [0.2, 0.25) is 0 Å². The fourth-order valence-electron chi connectivity index (χ4n) is 5.41. The summed E-state index contributed by atoms with van der Waals surface area (Å²) >= 11 is 0. The number of alkyl carbamates (subject to hydrolysis) is 1. The molecule has 226 valence electrons. The number of carbonyl (C=O) groups excluding carboxylic acids is 3. The standard InChI is InChI=1S/C33H55N3O4/c1-9-10-11-12-16-21-36(31(38)28(23(2)3)35-32(39)40-33(6,7)8)29(27-22-24(4)19-20-25(27)5)30(37)34-26-17-14-13-15-18-26/h19-20,22-23,26,28-29H,9-18,21H2,1-8H3,(H,34,37)(H,35,39). The highest BCUT2D eigenvalue weighted by Gasteiger charge is 2.38. The fraction of sp³-hybridized carbons (Fsp3) is 0.727. The third-order valence-electron chi connectivity index (χ3n) is 7.63. The Morgan fingerprint density at radius 3 is 2.25 bits per heavy atom. The molecule has 0 heterocycles. The van der Waals surface area contributed by atoms with Crippen LogP contribution < -0.4 is 10.6 Å². The summed E-state index contributed by atoms with van der Waals surface area (Å²) in [5, 5.41) is 6.14. The molecule has 0 spiro atoms. The van der Waals surface area contributed by atoms with Crippen LogP contribution in [-0.4, -0.2) is 47.0 Å². The van der Waals surface area contributed by atoms with Crippen LogP contribution in [0.15, 0.2) is 18.2 Å². The van der Waals surface area contributed by atoms with Crippen LogP contribution in [0.5, 0.6) is 0 Å². The van der Waals surface area contributed by atoms with Gasteiger partial charge in [-0.05, 0) is 70.9 Å². The Labute approximate surface area is 243 Å².